The van der Waals surface area contributed by atoms with E-state index in [-0.39, 0.29) is 11.3 Å². The Morgan fingerprint density at radius 1 is 1.40 bits per heavy atom. The van der Waals surface area contributed by atoms with Crippen LogP contribution in [0.4, 0.5) is 14.5 Å². The molecule has 0 saturated carbocycles. The third-order valence-corrected chi connectivity index (χ3v) is 1.55. The van der Waals surface area contributed by atoms with E-state index in [1.807, 2.05) is 0 Å². The highest BCUT2D eigenvalue weighted by atomic mass is 19.1. The molecule has 0 aliphatic heterocycles. The van der Waals surface area contributed by atoms with E-state index in [0.29, 0.717) is 0 Å². The molecule has 0 fully saturated rings. The van der Waals surface area contributed by atoms with Crippen molar-refractivity contribution in [3.05, 3.63) is 29.3 Å². The normalized spacial score (nSPS) is 9.20. The fourth-order valence-corrected chi connectivity index (χ4v) is 0.873. The van der Waals surface area contributed by atoms with Gasteiger partial charge < -0.3 is 10.8 Å². The molecule has 0 aliphatic rings. The van der Waals surface area contributed by atoms with Crippen LogP contribution in [0.25, 0.3) is 0 Å². The molecule has 3 N–H and O–H groups in total. The Morgan fingerprint density at radius 2 is 2.07 bits per heavy atom. The number of halogens is 2. The van der Waals surface area contributed by atoms with Gasteiger partial charge in [-0.05, 0) is 6.07 Å². The molecule has 15 heavy (non-hydrogen) atoms. The number of hydrogen-bond donors (Lipinski definition) is 2. The lowest BCUT2D eigenvalue weighted by Crippen LogP contribution is -1.95. The van der Waals surface area contributed by atoms with Gasteiger partial charge in [0, 0.05) is 6.07 Å². The number of rotatable bonds is 1. The molecule has 0 bridgehead atoms. The highest BCUT2D eigenvalue weighted by Crippen LogP contribution is 2.15. The van der Waals surface area contributed by atoms with Crippen molar-refractivity contribution >= 4 is 11.7 Å². The van der Waals surface area contributed by atoms with Gasteiger partial charge in [-0.15, -0.1) is 0 Å². The van der Waals surface area contributed by atoms with Gasteiger partial charge >= 0.3 is 5.97 Å². The third-order valence-electron chi connectivity index (χ3n) is 1.55. The lowest BCUT2D eigenvalue weighted by molar-refractivity contribution is -0.135. The Labute approximate surface area is 84.5 Å². The Morgan fingerprint density at radius 3 is 2.67 bits per heavy atom. The molecular weight excluding hydrogens is 204 g/mol. The van der Waals surface area contributed by atoms with Crippen LogP contribution < -0.4 is 5.73 Å². The zero-order valence-corrected chi connectivity index (χ0v) is 7.55. The summed E-state index contributed by atoms with van der Waals surface area (Å²) >= 11 is 0. The van der Waals surface area contributed by atoms with E-state index in [4.69, 9.17) is 10.8 Å². The summed E-state index contributed by atoms with van der Waals surface area (Å²) in [5, 5.41) is 8.27. The minimum atomic E-state index is -1.13. The van der Waals surface area contributed by atoms with Crippen molar-refractivity contribution < 1.29 is 18.7 Å². The molecule has 5 heteroatoms. The standard InChI is InChI=1S/C10H7F2NO2/c11-7-5-9(13)8(12)4-6(7)2-1-3-10(14)15/h4-5H,3,13H2,(H,14,15). The Balaban J connectivity index is 2.98. The van der Waals surface area contributed by atoms with Gasteiger partial charge in [0.1, 0.15) is 18.1 Å². The molecule has 0 aliphatic carbocycles. The maximum atomic E-state index is 13.1. The second kappa shape index (κ2) is 4.42. The number of benzene rings is 1. The molecule has 3 nitrogen and oxygen atoms in total. The van der Waals surface area contributed by atoms with Gasteiger partial charge in [0.2, 0.25) is 0 Å². The van der Waals surface area contributed by atoms with Crippen molar-refractivity contribution in [3.63, 3.8) is 0 Å². The van der Waals surface area contributed by atoms with Gasteiger partial charge in [0.05, 0.1) is 11.3 Å². The van der Waals surface area contributed by atoms with Crippen molar-refractivity contribution in [3.8, 4) is 11.8 Å². The first kappa shape index (κ1) is 11.0. The van der Waals surface area contributed by atoms with Crippen LogP contribution in [-0.2, 0) is 4.79 Å². The maximum absolute atomic E-state index is 13.1. The van der Waals surface area contributed by atoms with Gasteiger partial charge in [0.25, 0.3) is 0 Å². The molecule has 78 valence electrons. The van der Waals surface area contributed by atoms with Crippen molar-refractivity contribution in [2.24, 2.45) is 0 Å². The van der Waals surface area contributed by atoms with Crippen LogP contribution in [-0.4, -0.2) is 11.1 Å². The maximum Gasteiger partial charge on any atom is 0.315 e. The monoisotopic (exact) mass is 211 g/mol. The van der Waals surface area contributed by atoms with Gasteiger partial charge in [0.15, 0.2) is 0 Å². The number of nitrogen functional groups attached to an aromatic ring is 1. The lowest BCUT2D eigenvalue weighted by Gasteiger charge is -1.98. The largest absolute Gasteiger partial charge is 0.481 e. The number of aliphatic carboxylic acids is 1. The average Bonchev–Trinajstić information content (AvgIpc) is 2.13. The summed E-state index contributed by atoms with van der Waals surface area (Å²) < 4.78 is 25.9. The number of carbonyl (C=O) groups is 1. The SMILES string of the molecule is Nc1cc(F)c(C#CCC(=O)O)cc1F. The molecule has 0 spiro atoms. The molecular formula is C10H7F2NO2. The summed E-state index contributed by atoms with van der Waals surface area (Å²) in [6.07, 6.45) is -0.425. The minimum Gasteiger partial charge on any atom is -0.481 e. The van der Waals surface area contributed by atoms with Gasteiger partial charge in [-0.25, -0.2) is 8.78 Å². The van der Waals surface area contributed by atoms with E-state index in [1.165, 1.54) is 0 Å². The van der Waals surface area contributed by atoms with E-state index >= 15 is 0 Å². The summed E-state index contributed by atoms with van der Waals surface area (Å²) in [5.41, 5.74) is 4.59. The topological polar surface area (TPSA) is 63.3 Å². The first-order chi connectivity index (χ1) is 7.00. The quantitative estimate of drug-likeness (QED) is 0.544. The van der Waals surface area contributed by atoms with Gasteiger partial charge in [-0.1, -0.05) is 11.8 Å². The molecule has 1 aromatic rings. The zero-order chi connectivity index (χ0) is 11.4. The van der Waals surface area contributed by atoms with Crippen molar-refractivity contribution in [1.29, 1.82) is 0 Å². The summed E-state index contributed by atoms with van der Waals surface area (Å²) in [6.45, 7) is 0. The highest BCUT2D eigenvalue weighted by Gasteiger charge is 2.05. The van der Waals surface area contributed by atoms with Crippen LogP contribution in [0.15, 0.2) is 12.1 Å². The average molecular weight is 211 g/mol. The van der Waals surface area contributed by atoms with Gasteiger partial charge in [-0.2, -0.15) is 0 Å². The van der Waals surface area contributed by atoms with Crippen LogP contribution in [0.2, 0.25) is 0 Å². The molecule has 1 aromatic carbocycles. The Bertz CT molecular complexity index is 460. The molecule has 0 unspecified atom stereocenters. The predicted octanol–water partition coefficient (Wildman–Crippen LogP) is 1.37. The first-order valence-electron chi connectivity index (χ1n) is 3.96. The molecule has 0 atom stereocenters. The molecule has 0 heterocycles. The summed E-state index contributed by atoms with van der Waals surface area (Å²) in [6, 6.07) is 1.64. The van der Waals surface area contributed by atoms with Crippen LogP contribution in [0.1, 0.15) is 12.0 Å². The Kier molecular flexibility index (Phi) is 3.24. The van der Waals surface area contributed by atoms with Crippen molar-refractivity contribution in [1.82, 2.24) is 0 Å². The van der Waals surface area contributed by atoms with Crippen molar-refractivity contribution in [2.45, 2.75) is 6.42 Å². The van der Waals surface area contributed by atoms with Gasteiger partial charge in [-0.3, -0.25) is 4.79 Å². The number of anilines is 1. The fourth-order valence-electron chi connectivity index (χ4n) is 0.873. The first-order valence-corrected chi connectivity index (χ1v) is 3.96. The Hall–Kier alpha value is -2.09. The zero-order valence-electron chi connectivity index (χ0n) is 7.55. The van der Waals surface area contributed by atoms with Crippen molar-refractivity contribution in [2.75, 3.05) is 5.73 Å². The summed E-state index contributed by atoms with van der Waals surface area (Å²) in [4.78, 5) is 10.1. The molecule has 0 saturated heterocycles. The molecule has 0 aromatic heterocycles. The van der Waals surface area contributed by atoms with E-state index in [1.54, 1.807) is 0 Å². The summed E-state index contributed by atoms with van der Waals surface area (Å²) in [5.74, 6) is 1.72. The van der Waals surface area contributed by atoms with E-state index in [9.17, 15) is 13.6 Å². The highest BCUT2D eigenvalue weighted by molar-refractivity contribution is 5.70. The van der Waals surface area contributed by atoms with E-state index < -0.39 is 24.0 Å². The number of hydrogen-bond acceptors (Lipinski definition) is 2. The minimum absolute atomic E-state index is 0.206. The van der Waals surface area contributed by atoms with E-state index in [0.717, 1.165) is 12.1 Å². The fraction of sp³-hybridized carbons (Fsp3) is 0.100. The third kappa shape index (κ3) is 2.95. The number of carboxylic acid groups (broad SMARTS) is 1. The molecule has 0 amide bonds. The van der Waals surface area contributed by atoms with Crippen LogP contribution >= 0.6 is 0 Å². The second-order valence-electron chi connectivity index (χ2n) is 2.73. The second-order valence-corrected chi connectivity index (χ2v) is 2.73. The smallest absolute Gasteiger partial charge is 0.315 e. The lowest BCUT2D eigenvalue weighted by atomic mass is 10.2. The number of nitrogens with two attached hydrogens (primary N) is 1. The molecule has 0 radical (unpaired) electrons. The number of carboxylic acids is 1. The van der Waals surface area contributed by atoms with Crippen LogP contribution in [0.5, 0.6) is 0 Å². The predicted molar refractivity (Wildman–Crippen MR) is 49.9 cm³/mol. The van der Waals surface area contributed by atoms with E-state index in [2.05, 4.69) is 11.8 Å². The van der Waals surface area contributed by atoms with Crippen LogP contribution in [0.3, 0.4) is 0 Å². The molecule has 1 rings (SSSR count). The summed E-state index contributed by atoms with van der Waals surface area (Å²) in [7, 11) is 0. The van der Waals surface area contributed by atoms with Crippen LogP contribution in [0, 0.1) is 23.5 Å².